The highest BCUT2D eigenvalue weighted by Gasteiger charge is 2.41. The second-order valence-electron chi connectivity index (χ2n) is 12.4. The van der Waals surface area contributed by atoms with Crippen molar-refractivity contribution >= 4 is 29.1 Å². The number of aromatic nitrogens is 1. The summed E-state index contributed by atoms with van der Waals surface area (Å²) in [7, 11) is 0. The van der Waals surface area contributed by atoms with E-state index in [1.165, 1.54) is 18.3 Å². The Balaban J connectivity index is 1.09. The highest BCUT2D eigenvalue weighted by atomic mass is 19.4. The van der Waals surface area contributed by atoms with Gasteiger partial charge >= 0.3 is 12.2 Å². The van der Waals surface area contributed by atoms with Crippen molar-refractivity contribution in [1.82, 2.24) is 14.8 Å². The Bertz CT molecular complexity index is 1720. The molecule has 0 radical (unpaired) electrons. The molecule has 9 nitrogen and oxygen atoms in total. The van der Waals surface area contributed by atoms with Crippen LogP contribution in [0.1, 0.15) is 42.7 Å². The van der Waals surface area contributed by atoms with Crippen LogP contribution in [0.15, 0.2) is 90.2 Å². The summed E-state index contributed by atoms with van der Waals surface area (Å²) in [6.07, 6.45) is -0.240. The van der Waals surface area contributed by atoms with E-state index in [2.05, 4.69) is 39.9 Å². The second kappa shape index (κ2) is 14.6. The SMILES string of the molecule is Cc1ccc(C2CCCN(C3=CCCC(C(F)(F)F)=C(C(=O)Nc4ccc(N5CCN(C(=O)Nc6ccccc6F)CC5)nc4)O3)C2)cc1. The molecule has 0 aliphatic carbocycles. The molecule has 2 saturated heterocycles. The predicted octanol–water partition coefficient (Wildman–Crippen LogP) is 7.17. The van der Waals surface area contributed by atoms with Crippen molar-refractivity contribution in [2.24, 2.45) is 0 Å². The van der Waals surface area contributed by atoms with Gasteiger partial charge in [-0.15, -0.1) is 0 Å². The number of carbonyl (C=O) groups excluding carboxylic acids is 2. The zero-order chi connectivity index (χ0) is 34.5. The Morgan fingerprint density at radius 1 is 0.918 bits per heavy atom. The topological polar surface area (TPSA) is 90.0 Å². The number of rotatable bonds is 6. The number of amides is 3. The van der Waals surface area contributed by atoms with Crippen molar-refractivity contribution in [1.29, 1.82) is 0 Å². The molecule has 2 fully saturated rings. The Hall–Kier alpha value is -5.07. The van der Waals surface area contributed by atoms with Gasteiger partial charge in [-0.05, 0) is 68.5 Å². The molecule has 2 N–H and O–H groups in total. The first-order chi connectivity index (χ1) is 23.5. The van der Waals surface area contributed by atoms with Gasteiger partial charge in [0.05, 0.1) is 23.1 Å². The highest BCUT2D eigenvalue weighted by molar-refractivity contribution is 6.03. The third kappa shape index (κ3) is 8.15. The lowest BCUT2D eigenvalue weighted by Gasteiger charge is -2.35. The number of pyridine rings is 1. The molecule has 258 valence electrons. The maximum atomic E-state index is 14.2. The summed E-state index contributed by atoms with van der Waals surface area (Å²) in [5, 5.41) is 5.13. The molecule has 2 aromatic carbocycles. The van der Waals surface area contributed by atoms with Crippen LogP contribution in [0.5, 0.6) is 0 Å². The van der Waals surface area contributed by atoms with Gasteiger partial charge in [-0.1, -0.05) is 42.0 Å². The van der Waals surface area contributed by atoms with E-state index in [1.807, 2.05) is 16.7 Å². The summed E-state index contributed by atoms with van der Waals surface area (Å²) in [6, 6.07) is 17.0. The number of piperazine rings is 1. The minimum absolute atomic E-state index is 0.0843. The van der Waals surface area contributed by atoms with Crippen LogP contribution in [-0.4, -0.2) is 72.2 Å². The molecule has 6 rings (SSSR count). The van der Waals surface area contributed by atoms with Crippen LogP contribution in [0.25, 0.3) is 0 Å². The number of urea groups is 1. The van der Waals surface area contributed by atoms with Crippen LogP contribution in [0.2, 0.25) is 0 Å². The largest absolute Gasteiger partial charge is 0.435 e. The molecule has 4 heterocycles. The molecule has 3 aliphatic heterocycles. The predicted molar refractivity (Wildman–Crippen MR) is 178 cm³/mol. The fourth-order valence-electron chi connectivity index (χ4n) is 6.33. The van der Waals surface area contributed by atoms with E-state index in [-0.39, 0.29) is 36.0 Å². The van der Waals surface area contributed by atoms with Crippen molar-refractivity contribution in [3.63, 3.8) is 0 Å². The summed E-state index contributed by atoms with van der Waals surface area (Å²) >= 11 is 0. The lowest BCUT2D eigenvalue weighted by atomic mass is 9.90. The van der Waals surface area contributed by atoms with Crippen molar-refractivity contribution in [3.05, 3.63) is 107 Å². The summed E-state index contributed by atoms with van der Waals surface area (Å²) in [6.45, 7) is 4.84. The van der Waals surface area contributed by atoms with Crippen LogP contribution >= 0.6 is 0 Å². The number of nitrogens with zero attached hydrogens (tertiary/aromatic N) is 4. The number of para-hydroxylation sites is 1. The third-order valence-electron chi connectivity index (χ3n) is 9.04. The van der Waals surface area contributed by atoms with Crippen molar-refractivity contribution in [2.75, 3.05) is 54.8 Å². The van der Waals surface area contributed by atoms with Gasteiger partial charge < -0.3 is 30.1 Å². The third-order valence-corrected chi connectivity index (χ3v) is 9.04. The molecule has 1 unspecified atom stereocenters. The van der Waals surface area contributed by atoms with Crippen molar-refractivity contribution in [3.8, 4) is 0 Å². The number of anilines is 3. The van der Waals surface area contributed by atoms with Crippen LogP contribution < -0.4 is 15.5 Å². The number of carbonyl (C=O) groups is 2. The molecule has 0 bridgehead atoms. The van der Waals surface area contributed by atoms with E-state index < -0.39 is 35.3 Å². The van der Waals surface area contributed by atoms with Crippen LogP contribution in [0, 0.1) is 12.7 Å². The van der Waals surface area contributed by atoms with E-state index in [9.17, 15) is 27.2 Å². The molecule has 0 saturated carbocycles. The Morgan fingerprint density at radius 3 is 2.37 bits per heavy atom. The molecule has 0 spiro atoms. The van der Waals surface area contributed by atoms with Crippen LogP contribution in [-0.2, 0) is 9.53 Å². The van der Waals surface area contributed by atoms with E-state index in [1.54, 1.807) is 35.2 Å². The summed E-state index contributed by atoms with van der Waals surface area (Å²) in [5.41, 5.74) is 1.62. The lowest BCUT2D eigenvalue weighted by Crippen LogP contribution is -2.50. The molecule has 3 aliphatic rings. The van der Waals surface area contributed by atoms with Gasteiger partial charge in [0.2, 0.25) is 5.76 Å². The summed E-state index contributed by atoms with van der Waals surface area (Å²) in [5.74, 6) is -1.26. The molecule has 13 heteroatoms. The average Bonchev–Trinajstić information content (AvgIpc) is 3.34. The van der Waals surface area contributed by atoms with E-state index in [0.29, 0.717) is 45.1 Å². The number of likely N-dealkylation sites (tertiary alicyclic amines) is 1. The van der Waals surface area contributed by atoms with Gasteiger partial charge in [-0.2, -0.15) is 13.2 Å². The van der Waals surface area contributed by atoms with E-state index in [4.69, 9.17) is 4.74 Å². The van der Waals surface area contributed by atoms with Gasteiger partial charge in [-0.3, -0.25) is 4.79 Å². The van der Waals surface area contributed by atoms with E-state index in [0.717, 1.165) is 24.0 Å². The molecule has 49 heavy (non-hydrogen) atoms. The number of halogens is 4. The minimum Gasteiger partial charge on any atom is -0.435 e. The Labute approximate surface area is 282 Å². The van der Waals surface area contributed by atoms with E-state index >= 15 is 0 Å². The Morgan fingerprint density at radius 2 is 1.67 bits per heavy atom. The second-order valence-corrected chi connectivity index (χ2v) is 12.4. The van der Waals surface area contributed by atoms with Crippen molar-refractivity contribution in [2.45, 2.75) is 44.7 Å². The highest BCUT2D eigenvalue weighted by Crippen LogP contribution is 2.37. The summed E-state index contributed by atoms with van der Waals surface area (Å²) < 4.78 is 62.4. The van der Waals surface area contributed by atoms with Gasteiger partial charge in [-0.25, -0.2) is 14.2 Å². The first-order valence-corrected chi connectivity index (χ1v) is 16.4. The zero-order valence-electron chi connectivity index (χ0n) is 27.1. The number of benzene rings is 2. The van der Waals surface area contributed by atoms with Gasteiger partial charge in [0.1, 0.15) is 11.6 Å². The number of hydrogen-bond acceptors (Lipinski definition) is 6. The van der Waals surface area contributed by atoms with Crippen LogP contribution in [0.4, 0.5) is 39.5 Å². The molecule has 1 atom stereocenters. The average molecular weight is 679 g/mol. The fourth-order valence-corrected chi connectivity index (χ4v) is 6.33. The molecular formula is C36H38F4N6O3. The smallest absolute Gasteiger partial charge is 0.416 e. The fraction of sp³-hybridized carbons (Fsp3) is 0.361. The minimum atomic E-state index is -4.75. The van der Waals surface area contributed by atoms with Gasteiger partial charge in [0, 0.05) is 45.2 Å². The maximum absolute atomic E-state index is 14.2. The molecule has 3 amide bonds. The monoisotopic (exact) mass is 678 g/mol. The molecular weight excluding hydrogens is 640 g/mol. The lowest BCUT2D eigenvalue weighted by molar-refractivity contribution is -0.119. The Kier molecular flexibility index (Phi) is 10.1. The number of hydrogen-bond donors (Lipinski definition) is 2. The molecule has 3 aromatic rings. The summed E-state index contributed by atoms with van der Waals surface area (Å²) in [4.78, 5) is 35.9. The number of allylic oxidation sites excluding steroid dienone is 2. The maximum Gasteiger partial charge on any atom is 0.416 e. The normalized spacial score (nSPS) is 18.8. The number of nitrogens with one attached hydrogen (secondary N) is 2. The first kappa shape index (κ1) is 33.8. The van der Waals surface area contributed by atoms with Gasteiger partial charge in [0.15, 0.2) is 5.88 Å². The quantitative estimate of drug-likeness (QED) is 0.269. The number of aryl methyl sites for hydroxylation is 1. The zero-order valence-corrected chi connectivity index (χ0v) is 27.1. The van der Waals surface area contributed by atoms with Gasteiger partial charge in [0.25, 0.3) is 5.91 Å². The number of ether oxygens (including phenoxy) is 1. The van der Waals surface area contributed by atoms with Crippen LogP contribution in [0.3, 0.4) is 0 Å². The standard InChI is InChI=1S/C36H38F4N6O3/c1-24-11-13-25(14-12-24)26-6-5-17-46(23-26)32-10-4-7-28(36(38,39)40)33(49-32)34(47)42-27-15-16-31(41-22-27)44-18-20-45(21-19-44)35(48)43-30-9-3-2-8-29(30)37/h2-3,8-16,22,26H,4-7,17-21,23H2,1H3,(H,42,47)(H,43,48). The molecule has 1 aromatic heterocycles. The number of alkyl halides is 3. The first-order valence-electron chi connectivity index (χ1n) is 16.4. The number of piperidine rings is 1. The van der Waals surface area contributed by atoms with Crippen molar-refractivity contribution < 1.29 is 31.9 Å².